The van der Waals surface area contributed by atoms with Crippen LogP contribution in [0.1, 0.15) is 76.2 Å². The highest BCUT2D eigenvalue weighted by molar-refractivity contribution is 5.99. The van der Waals surface area contributed by atoms with Crippen LogP contribution in [0, 0.1) is 16.0 Å². The number of carbonyl (C=O) groups is 7. The number of hydrogen-bond donors (Lipinski definition) is 5. The average molecular weight is 753 g/mol. The molecular weight excluding hydrogens is 704 g/mol. The molecule has 1 aliphatic heterocycles. The van der Waals surface area contributed by atoms with Crippen molar-refractivity contribution >= 4 is 52.8 Å². The third kappa shape index (κ3) is 12.9. The van der Waals surface area contributed by atoms with Crippen molar-refractivity contribution < 1.29 is 43.2 Å². The Morgan fingerprint density at radius 3 is 2.30 bits per heavy atom. The van der Waals surface area contributed by atoms with Gasteiger partial charge in [0.25, 0.3) is 11.6 Å². The number of hydrogen-bond acceptors (Lipinski definition) is 11. The van der Waals surface area contributed by atoms with E-state index in [0.29, 0.717) is 31.4 Å². The summed E-state index contributed by atoms with van der Waals surface area (Å²) in [6.45, 7) is 5.45. The molecule has 1 aromatic carbocycles. The maximum Gasteiger partial charge on any atom is 0.306 e. The number of carbonyl (C=O) groups excluding carboxylic acids is 7. The molecule has 18 heteroatoms. The summed E-state index contributed by atoms with van der Waals surface area (Å²) in [5, 5.41) is 24.4. The fourth-order valence-electron chi connectivity index (χ4n) is 5.71. The van der Waals surface area contributed by atoms with Crippen LogP contribution in [-0.2, 0) is 33.5 Å². The molecule has 1 aliphatic rings. The number of nitrogens with zero attached hydrogens (tertiary/aromatic N) is 3. The summed E-state index contributed by atoms with van der Waals surface area (Å²) in [6, 6.07) is 6.13. The van der Waals surface area contributed by atoms with Gasteiger partial charge in [0, 0.05) is 43.5 Å². The molecule has 2 heterocycles. The molecule has 54 heavy (non-hydrogen) atoms. The lowest BCUT2D eigenvalue weighted by atomic mass is 10.0. The average Bonchev–Trinajstić information content (AvgIpc) is 3.65. The highest BCUT2D eigenvalue weighted by Gasteiger charge is 2.38. The maximum atomic E-state index is 13.6. The Hall–Kier alpha value is -5.94. The quantitative estimate of drug-likeness (QED) is 0.0597. The number of non-ortho nitro benzene ring substituents is 1. The fourth-order valence-corrected chi connectivity index (χ4v) is 5.71. The standard InChI is InChI=1S/C36H48N8O10/c1-22(2)31(35(50)40-24-13-15-25(16-14-24)44(52)53)42-34(49)28-12-9-21-43(28)36(51)23(3)39-33(48)27(41-29(45)17-18-30(46)54-4)11-6-8-20-38-32(47)26-10-5-7-19-37-26/h5,7,10,13-16,19,22-23,27-28,31H,6,8-9,11-12,17-18,20-21H2,1-4H3,(H,38,47)(H,39,48)(H,40,50)(H,41,45)(H,42,49)/t23-,27-,28-,31-/m0/s1. The molecule has 6 amide bonds. The van der Waals surface area contributed by atoms with Gasteiger partial charge in [0.2, 0.25) is 29.5 Å². The summed E-state index contributed by atoms with van der Waals surface area (Å²) in [7, 11) is 1.19. The smallest absolute Gasteiger partial charge is 0.306 e. The molecule has 18 nitrogen and oxygen atoms in total. The molecular formula is C36H48N8O10. The van der Waals surface area contributed by atoms with Crippen LogP contribution in [0.15, 0.2) is 48.7 Å². The Bertz CT molecular complexity index is 1650. The number of aromatic nitrogens is 1. The number of nitrogens with one attached hydrogen (secondary N) is 5. The zero-order valence-electron chi connectivity index (χ0n) is 30.8. The van der Waals surface area contributed by atoms with Gasteiger partial charge in [0.1, 0.15) is 29.9 Å². The van der Waals surface area contributed by atoms with Gasteiger partial charge in [-0.1, -0.05) is 19.9 Å². The van der Waals surface area contributed by atoms with Crippen LogP contribution in [0.25, 0.3) is 0 Å². The van der Waals surface area contributed by atoms with Crippen molar-refractivity contribution in [3.05, 3.63) is 64.5 Å². The van der Waals surface area contributed by atoms with Gasteiger partial charge in [-0.25, -0.2) is 0 Å². The lowest BCUT2D eigenvalue weighted by Gasteiger charge is -2.30. The number of amides is 6. The van der Waals surface area contributed by atoms with Crippen molar-refractivity contribution in [1.29, 1.82) is 0 Å². The van der Waals surface area contributed by atoms with Gasteiger partial charge in [0.05, 0.1) is 18.5 Å². The third-order valence-corrected chi connectivity index (χ3v) is 8.70. The second-order valence-electron chi connectivity index (χ2n) is 13.1. The van der Waals surface area contributed by atoms with E-state index in [1.54, 1.807) is 32.0 Å². The van der Waals surface area contributed by atoms with Crippen LogP contribution in [0.3, 0.4) is 0 Å². The largest absolute Gasteiger partial charge is 0.469 e. The first-order valence-corrected chi connectivity index (χ1v) is 17.7. The van der Waals surface area contributed by atoms with E-state index in [9.17, 15) is 43.7 Å². The highest BCUT2D eigenvalue weighted by Crippen LogP contribution is 2.21. The number of nitro benzene ring substituents is 1. The topological polar surface area (TPSA) is 248 Å². The van der Waals surface area contributed by atoms with Gasteiger partial charge in [-0.15, -0.1) is 0 Å². The van der Waals surface area contributed by atoms with E-state index < -0.39 is 64.6 Å². The first-order chi connectivity index (χ1) is 25.7. The molecule has 1 saturated heterocycles. The van der Waals surface area contributed by atoms with Crippen molar-refractivity contribution in [2.45, 2.75) is 89.9 Å². The van der Waals surface area contributed by atoms with Gasteiger partial charge in [0.15, 0.2) is 0 Å². The second-order valence-corrected chi connectivity index (χ2v) is 13.1. The van der Waals surface area contributed by atoms with Gasteiger partial charge in [-0.2, -0.15) is 0 Å². The Balaban J connectivity index is 1.60. The number of rotatable bonds is 19. The normalized spacial score (nSPS) is 15.3. The van der Waals surface area contributed by atoms with Gasteiger partial charge < -0.3 is 36.2 Å². The summed E-state index contributed by atoms with van der Waals surface area (Å²) in [6.07, 6.45) is 2.93. The van der Waals surface area contributed by atoms with Crippen LogP contribution in [0.5, 0.6) is 0 Å². The molecule has 0 spiro atoms. The van der Waals surface area contributed by atoms with Crippen LogP contribution < -0.4 is 26.6 Å². The number of pyridine rings is 1. The van der Waals surface area contributed by atoms with Crippen molar-refractivity contribution in [2.24, 2.45) is 5.92 Å². The summed E-state index contributed by atoms with van der Waals surface area (Å²) in [5.74, 6) is -4.16. The second kappa shape index (κ2) is 20.9. The van der Waals surface area contributed by atoms with E-state index >= 15 is 0 Å². The number of anilines is 1. The Labute approximate surface area is 312 Å². The molecule has 4 atom stereocenters. The number of benzene rings is 1. The zero-order valence-corrected chi connectivity index (χ0v) is 30.8. The summed E-state index contributed by atoms with van der Waals surface area (Å²) >= 11 is 0. The van der Waals surface area contributed by atoms with E-state index in [2.05, 4.69) is 36.3 Å². The van der Waals surface area contributed by atoms with Gasteiger partial charge in [-0.3, -0.25) is 48.7 Å². The minimum atomic E-state index is -1.09. The summed E-state index contributed by atoms with van der Waals surface area (Å²) < 4.78 is 4.58. The Morgan fingerprint density at radius 2 is 1.67 bits per heavy atom. The van der Waals surface area contributed by atoms with E-state index in [0.717, 1.165) is 0 Å². The lowest BCUT2D eigenvalue weighted by molar-refractivity contribution is -0.384. The number of nitro groups is 1. The molecule has 0 radical (unpaired) electrons. The summed E-state index contributed by atoms with van der Waals surface area (Å²) in [5.41, 5.74) is 0.417. The number of unbranched alkanes of at least 4 members (excludes halogenated alkanes) is 1. The molecule has 3 rings (SSSR count). The van der Waals surface area contributed by atoms with Crippen molar-refractivity contribution in [1.82, 2.24) is 31.2 Å². The van der Waals surface area contributed by atoms with E-state index in [-0.39, 0.29) is 55.6 Å². The van der Waals surface area contributed by atoms with Crippen molar-refractivity contribution in [2.75, 3.05) is 25.5 Å². The molecule has 2 aromatic rings. The van der Waals surface area contributed by atoms with Crippen LogP contribution in [0.4, 0.5) is 11.4 Å². The summed E-state index contributed by atoms with van der Waals surface area (Å²) in [4.78, 5) is 106. The first-order valence-electron chi connectivity index (χ1n) is 17.7. The number of ether oxygens (including phenoxy) is 1. The monoisotopic (exact) mass is 752 g/mol. The molecule has 5 N–H and O–H groups in total. The van der Waals surface area contributed by atoms with E-state index in [4.69, 9.17) is 0 Å². The lowest BCUT2D eigenvalue weighted by Crippen LogP contribution is -2.57. The first kappa shape index (κ1) is 42.5. The molecule has 0 aliphatic carbocycles. The van der Waals surface area contributed by atoms with E-state index in [1.165, 1.54) is 49.4 Å². The molecule has 1 fully saturated rings. The predicted molar refractivity (Wildman–Crippen MR) is 194 cm³/mol. The maximum absolute atomic E-state index is 13.6. The fraction of sp³-hybridized carbons (Fsp3) is 0.500. The minimum absolute atomic E-state index is 0.145. The molecule has 0 bridgehead atoms. The number of methoxy groups -OCH3 is 1. The highest BCUT2D eigenvalue weighted by atomic mass is 16.6. The number of likely N-dealkylation sites (tertiary alicyclic amines) is 1. The van der Waals surface area contributed by atoms with E-state index in [1.807, 2.05) is 0 Å². The number of esters is 1. The Morgan fingerprint density at radius 1 is 0.944 bits per heavy atom. The SMILES string of the molecule is COC(=O)CCC(=O)N[C@@H](CCCCNC(=O)c1ccccn1)C(=O)N[C@@H](C)C(=O)N1CCC[C@H]1C(=O)N[C@H](C(=O)Nc1ccc([N+](=O)[O-])cc1)C(C)C. The van der Waals surface area contributed by atoms with Crippen LogP contribution >= 0.6 is 0 Å². The van der Waals surface area contributed by atoms with Crippen molar-refractivity contribution in [3.8, 4) is 0 Å². The predicted octanol–water partition coefficient (Wildman–Crippen LogP) is 1.60. The zero-order chi connectivity index (χ0) is 39.8. The van der Waals surface area contributed by atoms with Gasteiger partial charge in [-0.05, 0) is 69.2 Å². The van der Waals surface area contributed by atoms with Crippen molar-refractivity contribution in [3.63, 3.8) is 0 Å². The van der Waals surface area contributed by atoms with Crippen LogP contribution in [-0.4, -0.2) is 101 Å². The molecule has 0 unspecified atom stereocenters. The molecule has 1 aromatic heterocycles. The third-order valence-electron chi connectivity index (χ3n) is 8.70. The molecule has 0 saturated carbocycles. The van der Waals surface area contributed by atoms with Crippen LogP contribution in [0.2, 0.25) is 0 Å². The molecule has 292 valence electrons. The Kier molecular flexibility index (Phi) is 16.5. The minimum Gasteiger partial charge on any atom is -0.469 e. The van der Waals surface area contributed by atoms with Gasteiger partial charge >= 0.3 is 5.97 Å².